The average molecular weight is 353 g/mol. The molecule has 1 aromatic heterocycles. The van der Waals surface area contributed by atoms with Crippen LogP contribution in [0.5, 0.6) is 5.75 Å². The number of aromatic hydroxyl groups is 1. The first kappa shape index (κ1) is 17.7. The number of hydrogen-bond acceptors (Lipinski definition) is 4. The van der Waals surface area contributed by atoms with Gasteiger partial charge in [-0.1, -0.05) is 17.7 Å². The zero-order valence-electron chi connectivity index (χ0n) is 14.7. The molecule has 26 heavy (non-hydrogen) atoms. The first-order valence-electron chi connectivity index (χ1n) is 8.34. The molecule has 0 aliphatic rings. The highest BCUT2D eigenvalue weighted by Gasteiger charge is 2.14. The highest BCUT2D eigenvalue weighted by molar-refractivity contribution is 5.91. The van der Waals surface area contributed by atoms with Crippen LogP contribution in [0.15, 0.2) is 57.7 Å². The van der Waals surface area contributed by atoms with Crippen LogP contribution < -0.4 is 15.8 Å². The Kier molecular flexibility index (Phi) is 5.04. The van der Waals surface area contributed by atoms with Crippen LogP contribution in [0.1, 0.15) is 11.1 Å². The number of nitrogens with one attached hydrogen (secondary N) is 2. The van der Waals surface area contributed by atoms with Crippen molar-refractivity contribution in [2.75, 3.05) is 18.9 Å². The first-order chi connectivity index (χ1) is 12.4. The van der Waals surface area contributed by atoms with Gasteiger partial charge in [-0.15, -0.1) is 0 Å². The first-order valence-corrected chi connectivity index (χ1v) is 8.34. The number of phenols is 1. The van der Waals surface area contributed by atoms with Gasteiger partial charge in [0.15, 0.2) is 6.54 Å². The molecule has 0 radical (unpaired) electrons. The molecule has 0 saturated heterocycles. The molecular formula is C20H21N2O4+. The normalized spacial score (nSPS) is 12.1. The molecule has 0 aliphatic carbocycles. The van der Waals surface area contributed by atoms with Gasteiger partial charge >= 0.3 is 5.63 Å². The van der Waals surface area contributed by atoms with Gasteiger partial charge in [-0.3, -0.25) is 4.79 Å². The molecule has 0 spiro atoms. The van der Waals surface area contributed by atoms with E-state index >= 15 is 0 Å². The summed E-state index contributed by atoms with van der Waals surface area (Å²) in [6.07, 6.45) is 0. The molecule has 3 N–H and O–H groups in total. The lowest BCUT2D eigenvalue weighted by atomic mass is 10.1. The molecular weight excluding hydrogens is 332 g/mol. The van der Waals surface area contributed by atoms with Gasteiger partial charge in [0, 0.05) is 28.8 Å². The van der Waals surface area contributed by atoms with Crippen LogP contribution in [0.2, 0.25) is 0 Å². The number of likely N-dealkylation sites (N-methyl/N-ethyl adjacent to an activating group) is 1. The van der Waals surface area contributed by atoms with Crippen molar-refractivity contribution in [3.05, 3.63) is 70.1 Å². The minimum atomic E-state index is -0.477. The number of anilines is 1. The third kappa shape index (κ3) is 4.29. The van der Waals surface area contributed by atoms with Crippen LogP contribution in [-0.2, 0) is 11.3 Å². The summed E-state index contributed by atoms with van der Waals surface area (Å²) in [5.74, 6) is -0.0627. The van der Waals surface area contributed by atoms with E-state index in [9.17, 15) is 14.7 Å². The molecule has 2 aromatic carbocycles. The van der Waals surface area contributed by atoms with E-state index < -0.39 is 5.63 Å². The highest BCUT2D eigenvalue weighted by atomic mass is 16.4. The maximum absolute atomic E-state index is 12.2. The molecule has 3 rings (SSSR count). The number of amides is 1. The fourth-order valence-corrected chi connectivity index (χ4v) is 2.87. The van der Waals surface area contributed by atoms with Crippen molar-refractivity contribution in [2.24, 2.45) is 0 Å². The Morgan fingerprint density at radius 3 is 2.62 bits per heavy atom. The van der Waals surface area contributed by atoms with Gasteiger partial charge in [0.05, 0.1) is 7.05 Å². The maximum Gasteiger partial charge on any atom is 0.336 e. The van der Waals surface area contributed by atoms with Crippen LogP contribution in [0, 0.1) is 6.92 Å². The summed E-state index contributed by atoms with van der Waals surface area (Å²) >= 11 is 0. The fraction of sp³-hybridized carbons (Fsp3) is 0.200. The number of fused-ring (bicyclic) bond motifs is 1. The minimum Gasteiger partial charge on any atom is -0.508 e. The van der Waals surface area contributed by atoms with Gasteiger partial charge in [-0.2, -0.15) is 0 Å². The summed E-state index contributed by atoms with van der Waals surface area (Å²) in [5.41, 5.74) is 2.53. The molecule has 0 fully saturated rings. The van der Waals surface area contributed by atoms with E-state index in [0.29, 0.717) is 12.1 Å². The topological polar surface area (TPSA) is 84.0 Å². The second kappa shape index (κ2) is 7.41. The van der Waals surface area contributed by atoms with Crippen molar-refractivity contribution >= 4 is 22.6 Å². The molecule has 1 heterocycles. The Hall–Kier alpha value is -3.12. The molecule has 134 valence electrons. The lowest BCUT2D eigenvalue weighted by Gasteiger charge is -2.15. The van der Waals surface area contributed by atoms with E-state index in [0.717, 1.165) is 27.1 Å². The van der Waals surface area contributed by atoms with E-state index in [1.54, 1.807) is 12.1 Å². The number of carbonyl (C=O) groups excluding carboxylic acids is 1. The quantitative estimate of drug-likeness (QED) is 0.607. The van der Waals surface area contributed by atoms with Crippen molar-refractivity contribution in [2.45, 2.75) is 13.5 Å². The number of benzene rings is 2. The fourth-order valence-electron chi connectivity index (χ4n) is 2.87. The van der Waals surface area contributed by atoms with Crippen LogP contribution in [0.25, 0.3) is 11.0 Å². The van der Waals surface area contributed by atoms with Gasteiger partial charge in [-0.05, 0) is 31.2 Å². The van der Waals surface area contributed by atoms with Crippen molar-refractivity contribution in [3.63, 3.8) is 0 Å². The largest absolute Gasteiger partial charge is 0.508 e. The summed E-state index contributed by atoms with van der Waals surface area (Å²) in [6.45, 7) is 2.73. The van der Waals surface area contributed by atoms with E-state index in [1.807, 2.05) is 38.2 Å². The Labute approximate surface area is 150 Å². The second-order valence-electron chi connectivity index (χ2n) is 6.50. The molecule has 0 bridgehead atoms. The number of phenolic OH excluding ortho intramolecular Hbond substituents is 1. The molecule has 0 saturated carbocycles. The van der Waals surface area contributed by atoms with Crippen molar-refractivity contribution < 1.29 is 19.2 Å². The summed E-state index contributed by atoms with van der Waals surface area (Å²) in [5, 5.41) is 13.2. The Morgan fingerprint density at radius 2 is 1.88 bits per heavy atom. The Balaban J connectivity index is 1.70. The summed E-state index contributed by atoms with van der Waals surface area (Å²) in [4.78, 5) is 24.9. The van der Waals surface area contributed by atoms with Crippen molar-refractivity contribution in [1.29, 1.82) is 0 Å². The standard InChI is InChI=1S/C20H20N2O4/c1-13-3-5-15(6-4-13)21-19(24)12-22(2)11-14-9-20(25)26-18-10-16(23)7-8-17(14)18/h3-10,23H,11-12H2,1-2H3,(H,21,24)/p+1. The number of carbonyl (C=O) groups is 1. The average Bonchev–Trinajstić information content (AvgIpc) is 2.56. The minimum absolute atomic E-state index is 0.0379. The lowest BCUT2D eigenvalue weighted by molar-refractivity contribution is -0.885. The Morgan fingerprint density at radius 1 is 1.15 bits per heavy atom. The van der Waals surface area contributed by atoms with Gasteiger partial charge < -0.3 is 19.7 Å². The van der Waals surface area contributed by atoms with Gasteiger partial charge in [0.2, 0.25) is 0 Å². The predicted molar refractivity (Wildman–Crippen MR) is 99.4 cm³/mol. The van der Waals surface area contributed by atoms with E-state index in [2.05, 4.69) is 5.32 Å². The monoisotopic (exact) mass is 353 g/mol. The molecule has 6 nitrogen and oxygen atoms in total. The van der Waals surface area contributed by atoms with Gasteiger partial charge in [0.25, 0.3) is 5.91 Å². The third-order valence-electron chi connectivity index (χ3n) is 4.10. The summed E-state index contributed by atoms with van der Waals surface area (Å²) < 4.78 is 5.13. The molecule has 0 aliphatic heterocycles. The summed E-state index contributed by atoms with van der Waals surface area (Å²) in [7, 11) is 1.88. The van der Waals surface area contributed by atoms with Crippen molar-refractivity contribution in [1.82, 2.24) is 0 Å². The van der Waals surface area contributed by atoms with Crippen LogP contribution in [0.3, 0.4) is 0 Å². The highest BCUT2D eigenvalue weighted by Crippen LogP contribution is 2.21. The summed E-state index contributed by atoms with van der Waals surface area (Å²) in [6, 6.07) is 13.7. The smallest absolute Gasteiger partial charge is 0.336 e. The number of rotatable bonds is 5. The number of aryl methyl sites for hydroxylation is 1. The molecule has 1 unspecified atom stereocenters. The molecule has 1 atom stereocenters. The lowest BCUT2D eigenvalue weighted by Crippen LogP contribution is -3.08. The molecule has 1 amide bonds. The predicted octanol–water partition coefficient (Wildman–Crippen LogP) is 1.46. The molecule has 3 aromatic rings. The zero-order valence-corrected chi connectivity index (χ0v) is 14.7. The van der Waals surface area contributed by atoms with E-state index in [1.165, 1.54) is 12.1 Å². The van der Waals surface area contributed by atoms with Gasteiger partial charge in [0.1, 0.15) is 17.9 Å². The van der Waals surface area contributed by atoms with Crippen LogP contribution >= 0.6 is 0 Å². The SMILES string of the molecule is Cc1ccc(NC(=O)C[NH+](C)Cc2cc(=O)oc3cc(O)ccc23)cc1. The zero-order chi connectivity index (χ0) is 18.7. The molecule has 6 heteroatoms. The second-order valence-corrected chi connectivity index (χ2v) is 6.50. The van der Waals surface area contributed by atoms with Gasteiger partial charge in [-0.25, -0.2) is 4.79 Å². The van der Waals surface area contributed by atoms with Crippen LogP contribution in [0.4, 0.5) is 5.69 Å². The van der Waals surface area contributed by atoms with Crippen LogP contribution in [-0.4, -0.2) is 24.6 Å². The van der Waals surface area contributed by atoms with E-state index in [-0.39, 0.29) is 18.2 Å². The number of quaternary nitrogens is 1. The van der Waals surface area contributed by atoms with Crippen molar-refractivity contribution in [3.8, 4) is 5.75 Å². The van der Waals surface area contributed by atoms with E-state index in [4.69, 9.17) is 4.42 Å². The maximum atomic E-state index is 12.2. The third-order valence-corrected chi connectivity index (χ3v) is 4.10. The number of hydrogen-bond donors (Lipinski definition) is 3. The Bertz CT molecular complexity index is 993.